The van der Waals surface area contributed by atoms with Crippen LogP contribution >= 0.6 is 0 Å². The molecule has 1 aliphatic carbocycles. The van der Waals surface area contributed by atoms with Crippen molar-refractivity contribution in [2.45, 2.75) is 63.6 Å². The molecule has 2 aliphatic rings. The second-order valence-corrected chi connectivity index (χ2v) is 5.14. The second kappa shape index (κ2) is 5.55. The number of hydrogen-bond acceptors (Lipinski definition) is 4. The second-order valence-electron chi connectivity index (χ2n) is 5.14. The standard InChI is InChI=1S/C14H20O4/c1-11-12(15)17-14(18-13(11)16)9-7-5-3-2-4-6-8-10-14/h1-10H2. The molecule has 0 radical (unpaired) electrons. The first-order valence-corrected chi connectivity index (χ1v) is 6.79. The van der Waals surface area contributed by atoms with Gasteiger partial charge in [0.15, 0.2) is 0 Å². The zero-order valence-corrected chi connectivity index (χ0v) is 10.7. The largest absolute Gasteiger partial charge is 0.419 e. The average Bonchev–Trinajstić information content (AvgIpc) is 2.35. The molecule has 2 rings (SSSR count). The van der Waals surface area contributed by atoms with Gasteiger partial charge in [-0.15, -0.1) is 0 Å². The molecule has 100 valence electrons. The van der Waals surface area contributed by atoms with Gasteiger partial charge in [0.1, 0.15) is 5.57 Å². The Labute approximate surface area is 107 Å². The zero-order valence-electron chi connectivity index (χ0n) is 10.7. The number of esters is 2. The van der Waals surface area contributed by atoms with Gasteiger partial charge < -0.3 is 9.47 Å². The Kier molecular flexibility index (Phi) is 4.04. The Morgan fingerprint density at radius 1 is 0.778 bits per heavy atom. The Balaban J connectivity index is 2.07. The zero-order chi connectivity index (χ0) is 13.0. The third kappa shape index (κ3) is 2.92. The maximum atomic E-state index is 11.6. The quantitative estimate of drug-likeness (QED) is 0.378. The molecule has 1 saturated carbocycles. The normalized spacial score (nSPS) is 25.4. The van der Waals surface area contributed by atoms with E-state index in [4.69, 9.17) is 9.47 Å². The highest BCUT2D eigenvalue weighted by molar-refractivity contribution is 6.14. The Morgan fingerprint density at radius 2 is 1.17 bits per heavy atom. The van der Waals surface area contributed by atoms with Crippen LogP contribution in [-0.4, -0.2) is 17.7 Å². The number of rotatable bonds is 0. The van der Waals surface area contributed by atoms with E-state index in [0.717, 1.165) is 25.7 Å². The van der Waals surface area contributed by atoms with Gasteiger partial charge in [0.25, 0.3) is 5.79 Å². The van der Waals surface area contributed by atoms with E-state index in [1.807, 2.05) is 0 Å². The van der Waals surface area contributed by atoms with Gasteiger partial charge in [-0.2, -0.15) is 0 Å². The lowest BCUT2D eigenvalue weighted by atomic mass is 9.95. The highest BCUT2D eigenvalue weighted by Gasteiger charge is 2.44. The molecule has 4 nitrogen and oxygen atoms in total. The minimum atomic E-state index is -1.02. The van der Waals surface area contributed by atoms with Gasteiger partial charge in [0.2, 0.25) is 0 Å². The van der Waals surface area contributed by atoms with E-state index in [9.17, 15) is 9.59 Å². The minimum absolute atomic E-state index is 0.197. The topological polar surface area (TPSA) is 52.6 Å². The van der Waals surface area contributed by atoms with E-state index in [-0.39, 0.29) is 5.57 Å². The van der Waals surface area contributed by atoms with Crippen LogP contribution in [0.2, 0.25) is 0 Å². The molecule has 18 heavy (non-hydrogen) atoms. The minimum Gasteiger partial charge on any atom is -0.419 e. The lowest BCUT2D eigenvalue weighted by Crippen LogP contribution is -2.46. The Bertz CT molecular complexity index is 327. The van der Waals surface area contributed by atoms with Gasteiger partial charge in [0, 0.05) is 12.8 Å². The summed E-state index contributed by atoms with van der Waals surface area (Å²) < 4.78 is 10.7. The summed E-state index contributed by atoms with van der Waals surface area (Å²) in [6.07, 6.45) is 8.92. The van der Waals surface area contributed by atoms with E-state index >= 15 is 0 Å². The summed E-state index contributed by atoms with van der Waals surface area (Å²) in [5.74, 6) is -2.27. The lowest BCUT2D eigenvalue weighted by Gasteiger charge is -2.36. The highest BCUT2D eigenvalue weighted by atomic mass is 16.7. The van der Waals surface area contributed by atoms with Crippen LogP contribution in [0.25, 0.3) is 0 Å². The predicted octanol–water partition coefficient (Wildman–Crippen LogP) is 2.86. The fraction of sp³-hybridized carbons (Fsp3) is 0.714. The van der Waals surface area contributed by atoms with Crippen molar-refractivity contribution in [3.63, 3.8) is 0 Å². The van der Waals surface area contributed by atoms with Gasteiger partial charge in [-0.25, -0.2) is 9.59 Å². The van der Waals surface area contributed by atoms with E-state index in [1.54, 1.807) is 0 Å². The Morgan fingerprint density at radius 3 is 1.61 bits per heavy atom. The summed E-state index contributed by atoms with van der Waals surface area (Å²) in [7, 11) is 0. The molecule has 0 amide bonds. The smallest absolute Gasteiger partial charge is 0.348 e. The first kappa shape index (κ1) is 13.1. The fourth-order valence-corrected chi connectivity index (χ4v) is 2.57. The number of carbonyl (C=O) groups excluding carboxylic acids is 2. The summed E-state index contributed by atoms with van der Waals surface area (Å²) in [5.41, 5.74) is -0.197. The molecule has 1 aliphatic heterocycles. The molecule has 4 heteroatoms. The number of ether oxygens (including phenoxy) is 2. The average molecular weight is 252 g/mol. The van der Waals surface area contributed by atoms with Crippen LogP contribution in [0, 0.1) is 0 Å². The van der Waals surface area contributed by atoms with Crippen molar-refractivity contribution in [1.29, 1.82) is 0 Å². The van der Waals surface area contributed by atoms with Gasteiger partial charge in [-0.05, 0) is 12.8 Å². The lowest BCUT2D eigenvalue weighted by molar-refractivity contribution is -0.240. The van der Waals surface area contributed by atoms with Gasteiger partial charge in [0.05, 0.1) is 0 Å². The molecular weight excluding hydrogens is 232 g/mol. The van der Waals surface area contributed by atoms with Crippen molar-refractivity contribution >= 4 is 11.9 Å². The van der Waals surface area contributed by atoms with Crippen molar-refractivity contribution in [1.82, 2.24) is 0 Å². The van der Waals surface area contributed by atoms with Crippen molar-refractivity contribution in [3.05, 3.63) is 12.2 Å². The number of hydrogen-bond donors (Lipinski definition) is 0. The van der Waals surface area contributed by atoms with Gasteiger partial charge in [-0.1, -0.05) is 38.7 Å². The number of carbonyl (C=O) groups is 2. The maximum Gasteiger partial charge on any atom is 0.348 e. The monoisotopic (exact) mass is 252 g/mol. The molecule has 0 aromatic carbocycles. The maximum absolute atomic E-state index is 11.6. The molecule has 0 aromatic heterocycles. The van der Waals surface area contributed by atoms with E-state index in [2.05, 4.69) is 6.58 Å². The molecule has 1 spiro atoms. The highest BCUT2D eigenvalue weighted by Crippen LogP contribution is 2.34. The van der Waals surface area contributed by atoms with Crippen LogP contribution in [0.4, 0.5) is 0 Å². The molecule has 1 heterocycles. The molecule has 0 unspecified atom stereocenters. The van der Waals surface area contributed by atoms with Crippen LogP contribution < -0.4 is 0 Å². The molecule has 0 N–H and O–H groups in total. The first-order chi connectivity index (χ1) is 8.63. The first-order valence-electron chi connectivity index (χ1n) is 6.79. The van der Waals surface area contributed by atoms with Crippen LogP contribution in [-0.2, 0) is 19.1 Å². The Hall–Kier alpha value is -1.32. The van der Waals surface area contributed by atoms with Crippen molar-refractivity contribution < 1.29 is 19.1 Å². The SMILES string of the molecule is C=C1C(=O)OC2(CCCCCCCCC2)OC1=O. The summed E-state index contributed by atoms with van der Waals surface area (Å²) in [6.45, 7) is 3.38. The third-order valence-corrected chi connectivity index (χ3v) is 3.67. The molecule has 1 saturated heterocycles. The molecule has 2 fully saturated rings. The van der Waals surface area contributed by atoms with Crippen LogP contribution in [0.1, 0.15) is 57.8 Å². The van der Waals surface area contributed by atoms with Crippen LogP contribution in [0.5, 0.6) is 0 Å². The fourth-order valence-electron chi connectivity index (χ4n) is 2.57. The van der Waals surface area contributed by atoms with Crippen LogP contribution in [0.15, 0.2) is 12.2 Å². The van der Waals surface area contributed by atoms with E-state index in [1.165, 1.54) is 19.3 Å². The molecule has 0 bridgehead atoms. The van der Waals surface area contributed by atoms with Crippen molar-refractivity contribution in [3.8, 4) is 0 Å². The van der Waals surface area contributed by atoms with E-state index < -0.39 is 17.7 Å². The summed E-state index contributed by atoms with van der Waals surface area (Å²) in [6, 6.07) is 0. The van der Waals surface area contributed by atoms with Gasteiger partial charge >= 0.3 is 11.9 Å². The van der Waals surface area contributed by atoms with Crippen molar-refractivity contribution in [2.75, 3.05) is 0 Å². The predicted molar refractivity (Wildman–Crippen MR) is 65.6 cm³/mol. The van der Waals surface area contributed by atoms with Gasteiger partial charge in [-0.3, -0.25) is 0 Å². The molecule has 0 aromatic rings. The molecular formula is C14H20O4. The summed E-state index contributed by atoms with van der Waals surface area (Å²) in [5, 5.41) is 0. The molecule has 0 atom stereocenters. The third-order valence-electron chi connectivity index (χ3n) is 3.67. The van der Waals surface area contributed by atoms with Crippen molar-refractivity contribution in [2.24, 2.45) is 0 Å². The van der Waals surface area contributed by atoms with Crippen LogP contribution in [0.3, 0.4) is 0 Å². The van der Waals surface area contributed by atoms with E-state index in [0.29, 0.717) is 12.8 Å². The summed E-state index contributed by atoms with van der Waals surface area (Å²) in [4.78, 5) is 23.2. The summed E-state index contributed by atoms with van der Waals surface area (Å²) >= 11 is 0.